The number of likely N-dealkylation sites (tertiary alicyclic amines) is 1. The number of amides is 1. The predicted molar refractivity (Wildman–Crippen MR) is 86.2 cm³/mol. The summed E-state index contributed by atoms with van der Waals surface area (Å²) in [4.78, 5) is 15.3. The van der Waals surface area contributed by atoms with Gasteiger partial charge in [-0.2, -0.15) is 0 Å². The minimum atomic E-state index is -0.0533. The van der Waals surface area contributed by atoms with Crippen molar-refractivity contribution >= 4 is 5.91 Å². The van der Waals surface area contributed by atoms with Gasteiger partial charge in [0.2, 0.25) is 5.91 Å². The molecule has 0 bridgehead atoms. The predicted octanol–water partition coefficient (Wildman–Crippen LogP) is 3.34. The molecule has 1 saturated carbocycles. The van der Waals surface area contributed by atoms with Gasteiger partial charge in [0.1, 0.15) is 0 Å². The standard InChI is InChI=1S/C18H32N2O/c1-2-18(8-12-19-13-9-18)16(21)20-14-10-17(11-15-20)6-4-3-5-7-17/h19H,2-15H2,1H3. The number of piperidine rings is 2. The second-order valence-electron chi connectivity index (χ2n) is 7.74. The molecule has 120 valence electrons. The van der Waals surface area contributed by atoms with Crippen molar-refractivity contribution in [3.8, 4) is 0 Å². The normalized spacial score (nSPS) is 28.5. The molecule has 1 N–H and O–H groups in total. The highest BCUT2D eigenvalue weighted by molar-refractivity contribution is 5.83. The molecule has 1 amide bonds. The van der Waals surface area contributed by atoms with E-state index in [0.29, 0.717) is 11.3 Å². The van der Waals surface area contributed by atoms with Gasteiger partial charge in [-0.15, -0.1) is 0 Å². The molecule has 1 spiro atoms. The van der Waals surface area contributed by atoms with Crippen LogP contribution in [0.3, 0.4) is 0 Å². The van der Waals surface area contributed by atoms with Crippen LogP contribution in [0.4, 0.5) is 0 Å². The van der Waals surface area contributed by atoms with Gasteiger partial charge in [0.25, 0.3) is 0 Å². The molecular formula is C18H32N2O. The first-order valence-corrected chi connectivity index (χ1v) is 9.20. The molecule has 0 atom stereocenters. The monoisotopic (exact) mass is 292 g/mol. The molecule has 0 radical (unpaired) electrons. The number of hydrogen-bond acceptors (Lipinski definition) is 2. The van der Waals surface area contributed by atoms with Gasteiger partial charge in [0.05, 0.1) is 5.41 Å². The Morgan fingerprint density at radius 1 is 0.952 bits per heavy atom. The molecule has 0 aromatic heterocycles. The first kappa shape index (κ1) is 15.3. The van der Waals surface area contributed by atoms with Crippen LogP contribution in [0.5, 0.6) is 0 Å². The summed E-state index contributed by atoms with van der Waals surface area (Å²) in [6.45, 7) is 6.27. The highest BCUT2D eigenvalue weighted by atomic mass is 16.2. The van der Waals surface area contributed by atoms with Gasteiger partial charge in [-0.3, -0.25) is 4.79 Å². The zero-order chi connectivity index (χ0) is 14.8. The Hall–Kier alpha value is -0.570. The van der Waals surface area contributed by atoms with Crippen LogP contribution in [0.1, 0.15) is 71.1 Å². The lowest BCUT2D eigenvalue weighted by Crippen LogP contribution is -2.52. The highest BCUT2D eigenvalue weighted by Crippen LogP contribution is 2.45. The van der Waals surface area contributed by atoms with Gasteiger partial charge >= 0.3 is 0 Å². The molecule has 2 heterocycles. The number of hydrogen-bond donors (Lipinski definition) is 1. The molecule has 3 rings (SSSR count). The molecule has 1 aliphatic carbocycles. The first-order valence-electron chi connectivity index (χ1n) is 9.20. The Balaban J connectivity index is 1.61. The van der Waals surface area contributed by atoms with Gasteiger partial charge in [-0.05, 0) is 63.5 Å². The summed E-state index contributed by atoms with van der Waals surface area (Å²) >= 11 is 0. The summed E-state index contributed by atoms with van der Waals surface area (Å²) in [5.74, 6) is 0.470. The fraction of sp³-hybridized carbons (Fsp3) is 0.944. The van der Waals surface area contributed by atoms with Crippen molar-refractivity contribution in [1.29, 1.82) is 0 Å². The zero-order valence-corrected chi connectivity index (χ0v) is 13.8. The summed E-state index contributed by atoms with van der Waals surface area (Å²) in [7, 11) is 0. The quantitative estimate of drug-likeness (QED) is 0.846. The minimum Gasteiger partial charge on any atom is -0.342 e. The molecular weight excluding hydrogens is 260 g/mol. The largest absolute Gasteiger partial charge is 0.342 e. The van der Waals surface area contributed by atoms with E-state index in [0.717, 1.165) is 45.4 Å². The molecule has 0 aromatic rings. The SMILES string of the molecule is CCC1(C(=O)N2CCC3(CCCCC3)CC2)CCNCC1. The van der Waals surface area contributed by atoms with Gasteiger partial charge in [-0.25, -0.2) is 0 Å². The topological polar surface area (TPSA) is 32.3 Å². The second kappa shape index (κ2) is 6.28. The number of rotatable bonds is 2. The van der Waals surface area contributed by atoms with Crippen molar-refractivity contribution in [1.82, 2.24) is 10.2 Å². The Morgan fingerprint density at radius 3 is 2.14 bits per heavy atom. The molecule has 2 saturated heterocycles. The zero-order valence-electron chi connectivity index (χ0n) is 13.8. The third kappa shape index (κ3) is 2.99. The van der Waals surface area contributed by atoms with E-state index in [1.165, 1.54) is 44.9 Å². The molecule has 3 aliphatic rings. The van der Waals surface area contributed by atoms with E-state index in [2.05, 4.69) is 17.1 Å². The average Bonchev–Trinajstić information content (AvgIpc) is 2.56. The Labute approximate surface area is 129 Å². The highest BCUT2D eigenvalue weighted by Gasteiger charge is 2.43. The second-order valence-corrected chi connectivity index (χ2v) is 7.74. The maximum absolute atomic E-state index is 13.1. The van der Waals surface area contributed by atoms with Crippen molar-refractivity contribution in [3.05, 3.63) is 0 Å². The number of nitrogens with one attached hydrogen (secondary N) is 1. The molecule has 3 nitrogen and oxygen atoms in total. The minimum absolute atomic E-state index is 0.0533. The fourth-order valence-corrected chi connectivity index (χ4v) is 4.95. The van der Waals surface area contributed by atoms with E-state index < -0.39 is 0 Å². The summed E-state index contributed by atoms with van der Waals surface area (Å²) in [5, 5.41) is 3.41. The summed E-state index contributed by atoms with van der Waals surface area (Å²) in [5.41, 5.74) is 0.546. The van der Waals surface area contributed by atoms with E-state index in [4.69, 9.17) is 0 Å². The third-order valence-corrected chi connectivity index (χ3v) is 6.72. The number of carbonyl (C=O) groups excluding carboxylic acids is 1. The van der Waals surface area contributed by atoms with Crippen LogP contribution in [0.2, 0.25) is 0 Å². The van der Waals surface area contributed by atoms with E-state index in [1.807, 2.05) is 0 Å². The van der Waals surface area contributed by atoms with Crippen LogP contribution < -0.4 is 5.32 Å². The van der Waals surface area contributed by atoms with Crippen molar-refractivity contribution in [2.45, 2.75) is 71.1 Å². The lowest BCUT2D eigenvalue weighted by atomic mass is 9.67. The summed E-state index contributed by atoms with van der Waals surface area (Å²) in [6, 6.07) is 0. The molecule has 3 heteroatoms. The van der Waals surface area contributed by atoms with Crippen LogP contribution in [0.25, 0.3) is 0 Å². The summed E-state index contributed by atoms with van der Waals surface area (Å²) < 4.78 is 0. The molecule has 0 unspecified atom stereocenters. The average molecular weight is 292 g/mol. The van der Waals surface area contributed by atoms with Crippen molar-refractivity contribution in [2.24, 2.45) is 10.8 Å². The number of nitrogens with zero attached hydrogens (tertiary/aromatic N) is 1. The van der Waals surface area contributed by atoms with E-state index >= 15 is 0 Å². The van der Waals surface area contributed by atoms with Gasteiger partial charge < -0.3 is 10.2 Å². The van der Waals surface area contributed by atoms with Gasteiger partial charge in [-0.1, -0.05) is 26.2 Å². The van der Waals surface area contributed by atoms with Gasteiger partial charge in [0, 0.05) is 13.1 Å². The van der Waals surface area contributed by atoms with Crippen LogP contribution in [0.15, 0.2) is 0 Å². The van der Waals surface area contributed by atoms with E-state index in [9.17, 15) is 4.79 Å². The van der Waals surface area contributed by atoms with Crippen molar-refractivity contribution in [3.63, 3.8) is 0 Å². The first-order chi connectivity index (χ1) is 10.2. The smallest absolute Gasteiger partial charge is 0.228 e. The fourth-order valence-electron chi connectivity index (χ4n) is 4.95. The van der Waals surface area contributed by atoms with Crippen molar-refractivity contribution in [2.75, 3.05) is 26.2 Å². The molecule has 21 heavy (non-hydrogen) atoms. The molecule has 0 aromatic carbocycles. The Morgan fingerprint density at radius 2 is 1.57 bits per heavy atom. The molecule has 2 aliphatic heterocycles. The lowest BCUT2D eigenvalue weighted by Gasteiger charge is -2.47. The number of carbonyl (C=O) groups is 1. The Bertz CT molecular complexity index is 357. The molecule has 3 fully saturated rings. The Kier molecular flexibility index (Phi) is 4.58. The van der Waals surface area contributed by atoms with Crippen LogP contribution in [-0.2, 0) is 4.79 Å². The van der Waals surface area contributed by atoms with E-state index in [-0.39, 0.29) is 5.41 Å². The van der Waals surface area contributed by atoms with Gasteiger partial charge in [0.15, 0.2) is 0 Å². The van der Waals surface area contributed by atoms with Crippen LogP contribution in [0, 0.1) is 10.8 Å². The maximum Gasteiger partial charge on any atom is 0.228 e. The summed E-state index contributed by atoms with van der Waals surface area (Å²) in [6.07, 6.45) is 12.7. The maximum atomic E-state index is 13.1. The lowest BCUT2D eigenvalue weighted by molar-refractivity contribution is -0.147. The van der Waals surface area contributed by atoms with Crippen LogP contribution in [-0.4, -0.2) is 37.0 Å². The third-order valence-electron chi connectivity index (χ3n) is 6.72. The van der Waals surface area contributed by atoms with E-state index in [1.54, 1.807) is 0 Å². The van der Waals surface area contributed by atoms with Crippen LogP contribution >= 0.6 is 0 Å². The van der Waals surface area contributed by atoms with Crippen molar-refractivity contribution < 1.29 is 4.79 Å².